The van der Waals surface area contributed by atoms with Crippen LogP contribution in [0, 0.1) is 6.92 Å². The Bertz CT molecular complexity index is 3000. The Balaban J connectivity index is 1.08. The van der Waals surface area contributed by atoms with E-state index in [-0.39, 0.29) is 0 Å². The standard InChI is InChI=1S/C51H40N4S/c1-3-4-27-48-34(2)50-49(56-48)33-52-51(53-50)37-18-15-21-39(30-37)55-45-25-14-13-23-41(45)42-31-35(17-16-26-46(42)55)36-28-29-47-43(32-36)40-22-11-8-12-24-44(40)54(47)38-19-9-6-5-7-10-20-38/h3-6,10-16,18-33H,1,7-9,17H2,2H3/b6-5-,20-10?,27-4-,38-19?. The van der Waals surface area contributed by atoms with Crippen LogP contribution in [0.1, 0.15) is 64.2 Å². The van der Waals surface area contributed by atoms with Gasteiger partial charge in [0.15, 0.2) is 5.82 Å². The summed E-state index contributed by atoms with van der Waals surface area (Å²) in [6.45, 7) is 5.96. The van der Waals surface area contributed by atoms with E-state index in [1.165, 1.54) is 71.6 Å². The van der Waals surface area contributed by atoms with Crippen LogP contribution in [0.25, 0.3) is 90.7 Å². The van der Waals surface area contributed by atoms with E-state index in [2.05, 4.69) is 168 Å². The molecule has 10 rings (SSSR count). The van der Waals surface area contributed by atoms with Crippen molar-refractivity contribution in [1.29, 1.82) is 0 Å². The maximum atomic E-state index is 5.08. The number of aromatic nitrogens is 4. The zero-order valence-electron chi connectivity index (χ0n) is 31.3. The first-order valence-corrected chi connectivity index (χ1v) is 20.2. The summed E-state index contributed by atoms with van der Waals surface area (Å²) in [4.78, 5) is 11.1. The molecule has 0 spiro atoms. The van der Waals surface area contributed by atoms with Gasteiger partial charge in [0.25, 0.3) is 0 Å². The molecular formula is C51H40N4S. The zero-order chi connectivity index (χ0) is 37.6. The summed E-state index contributed by atoms with van der Waals surface area (Å²) < 4.78 is 5.92. The van der Waals surface area contributed by atoms with Crippen molar-refractivity contribution >= 4 is 85.0 Å². The second kappa shape index (κ2) is 14.3. The molecule has 0 saturated carbocycles. The Morgan fingerprint density at radius 1 is 0.732 bits per heavy atom. The average Bonchev–Trinajstić information content (AvgIpc) is 3.62. The van der Waals surface area contributed by atoms with Crippen LogP contribution in [0.3, 0.4) is 0 Å². The number of hydrogen-bond acceptors (Lipinski definition) is 3. The van der Waals surface area contributed by atoms with Gasteiger partial charge in [-0.1, -0.05) is 104 Å². The number of nitrogens with zero attached hydrogens (tertiary/aromatic N) is 4. The van der Waals surface area contributed by atoms with Crippen LogP contribution >= 0.6 is 11.3 Å². The third-order valence-corrected chi connectivity index (χ3v) is 12.2. The lowest BCUT2D eigenvalue weighted by Gasteiger charge is -2.12. The smallest absolute Gasteiger partial charge is 0.159 e. The molecule has 270 valence electrons. The van der Waals surface area contributed by atoms with E-state index in [0.717, 1.165) is 53.0 Å². The first-order chi connectivity index (χ1) is 27.7. The molecule has 0 radical (unpaired) electrons. The van der Waals surface area contributed by atoms with Crippen LogP contribution in [-0.2, 0) is 0 Å². The quantitative estimate of drug-likeness (QED) is 0.126. The van der Waals surface area contributed by atoms with Crippen molar-refractivity contribution in [1.82, 2.24) is 19.1 Å². The van der Waals surface area contributed by atoms with E-state index in [0.29, 0.717) is 0 Å². The molecule has 5 heteroatoms. The van der Waals surface area contributed by atoms with Crippen molar-refractivity contribution in [3.8, 4) is 17.1 Å². The molecule has 56 heavy (non-hydrogen) atoms. The lowest BCUT2D eigenvalue weighted by molar-refractivity contribution is 1.10. The van der Waals surface area contributed by atoms with Crippen LogP contribution < -0.4 is 0 Å². The first kappa shape index (κ1) is 34.0. The molecule has 0 unspecified atom stereocenters. The first-order valence-electron chi connectivity index (χ1n) is 19.4. The van der Waals surface area contributed by atoms with Gasteiger partial charge in [-0.15, -0.1) is 11.3 Å². The number of aryl methyl sites for hydroxylation is 1. The van der Waals surface area contributed by atoms with Crippen LogP contribution in [0.15, 0.2) is 140 Å². The summed E-state index contributed by atoms with van der Waals surface area (Å²) in [6, 6.07) is 24.5. The van der Waals surface area contributed by atoms with Gasteiger partial charge in [-0.25, -0.2) is 9.97 Å². The summed E-state index contributed by atoms with van der Waals surface area (Å²) in [7, 11) is 0. The molecule has 3 aromatic carbocycles. The summed E-state index contributed by atoms with van der Waals surface area (Å²) in [5, 5.41) is 2.51. The van der Waals surface area contributed by atoms with Gasteiger partial charge in [0.1, 0.15) is 0 Å². The fraction of sp³-hybridized carbons (Fsp3) is 0.0980. The van der Waals surface area contributed by atoms with Crippen molar-refractivity contribution in [3.63, 3.8) is 0 Å². The van der Waals surface area contributed by atoms with Gasteiger partial charge in [0.2, 0.25) is 0 Å². The Morgan fingerprint density at radius 2 is 1.55 bits per heavy atom. The molecular weight excluding hydrogens is 701 g/mol. The Labute approximate surface area is 331 Å². The van der Waals surface area contributed by atoms with Crippen molar-refractivity contribution in [2.24, 2.45) is 0 Å². The second-order valence-corrected chi connectivity index (χ2v) is 15.5. The third-order valence-electron chi connectivity index (χ3n) is 11.0. The minimum Gasteiger partial charge on any atom is -0.310 e. The predicted molar refractivity (Wildman–Crippen MR) is 242 cm³/mol. The Morgan fingerprint density at radius 3 is 2.50 bits per heavy atom. The topological polar surface area (TPSA) is 35.6 Å². The summed E-state index contributed by atoms with van der Waals surface area (Å²) in [5.41, 5.74) is 15.4. The molecule has 0 saturated heterocycles. The predicted octanol–water partition coefficient (Wildman–Crippen LogP) is 13.9. The number of hydrogen-bond donors (Lipinski definition) is 0. The summed E-state index contributed by atoms with van der Waals surface area (Å²) in [6.07, 6.45) is 39.1. The second-order valence-electron chi connectivity index (χ2n) is 14.5. The molecule has 3 aliphatic carbocycles. The molecule has 0 atom stereocenters. The number of thiophene rings is 1. The molecule has 0 amide bonds. The largest absolute Gasteiger partial charge is 0.310 e. The van der Waals surface area contributed by atoms with Crippen LogP contribution in [0.5, 0.6) is 0 Å². The minimum absolute atomic E-state index is 0.728. The summed E-state index contributed by atoms with van der Waals surface area (Å²) >= 11 is 1.71. The Kier molecular flexibility index (Phi) is 8.65. The van der Waals surface area contributed by atoms with Crippen LogP contribution in [-0.4, -0.2) is 19.1 Å². The van der Waals surface area contributed by atoms with Gasteiger partial charge in [-0.3, -0.25) is 0 Å². The molecule has 4 nitrogen and oxygen atoms in total. The summed E-state index contributed by atoms with van der Waals surface area (Å²) in [5.74, 6) is 0.728. The van der Waals surface area contributed by atoms with Gasteiger partial charge in [-0.2, -0.15) is 0 Å². The molecule has 4 aromatic heterocycles. The van der Waals surface area contributed by atoms with Gasteiger partial charge in [0, 0.05) is 49.9 Å². The normalized spacial score (nSPS) is 15.7. The highest BCUT2D eigenvalue weighted by atomic mass is 32.1. The molecule has 0 aliphatic heterocycles. The van der Waals surface area contributed by atoms with E-state index in [1.807, 2.05) is 12.3 Å². The van der Waals surface area contributed by atoms with Crippen molar-refractivity contribution in [2.75, 3.05) is 0 Å². The van der Waals surface area contributed by atoms with Gasteiger partial charge >= 0.3 is 0 Å². The highest BCUT2D eigenvalue weighted by Gasteiger charge is 2.21. The molecule has 4 heterocycles. The van der Waals surface area contributed by atoms with E-state index in [4.69, 9.17) is 9.97 Å². The van der Waals surface area contributed by atoms with E-state index in [9.17, 15) is 0 Å². The van der Waals surface area contributed by atoms with Crippen molar-refractivity contribution in [2.45, 2.75) is 32.6 Å². The van der Waals surface area contributed by atoms with Gasteiger partial charge < -0.3 is 9.13 Å². The van der Waals surface area contributed by atoms with Crippen molar-refractivity contribution < 1.29 is 0 Å². The highest BCUT2D eigenvalue weighted by Crippen LogP contribution is 2.40. The maximum Gasteiger partial charge on any atom is 0.159 e. The van der Waals surface area contributed by atoms with Crippen molar-refractivity contribution in [3.05, 3.63) is 179 Å². The minimum atomic E-state index is 0.728. The number of para-hydroxylation sites is 1. The number of rotatable bonds is 6. The lowest BCUT2D eigenvalue weighted by atomic mass is 9.98. The Hall–Kier alpha value is -6.56. The number of benzene rings is 3. The number of fused-ring (bicyclic) bond motifs is 7. The van der Waals surface area contributed by atoms with Gasteiger partial charge in [-0.05, 0) is 110 Å². The van der Waals surface area contributed by atoms with E-state index in [1.54, 1.807) is 17.4 Å². The fourth-order valence-electron chi connectivity index (χ4n) is 8.35. The van der Waals surface area contributed by atoms with E-state index < -0.39 is 0 Å². The van der Waals surface area contributed by atoms with E-state index >= 15 is 0 Å². The van der Waals surface area contributed by atoms with Gasteiger partial charge in [0.05, 0.1) is 32.6 Å². The van der Waals surface area contributed by atoms with Crippen LogP contribution in [0.4, 0.5) is 0 Å². The molecule has 0 bridgehead atoms. The fourth-order valence-corrected chi connectivity index (χ4v) is 9.39. The monoisotopic (exact) mass is 740 g/mol. The molecule has 0 fully saturated rings. The molecule has 3 aliphatic rings. The third kappa shape index (κ3) is 5.83. The lowest BCUT2D eigenvalue weighted by Crippen LogP contribution is -1.98. The van der Waals surface area contributed by atoms with Crippen LogP contribution in [0.2, 0.25) is 0 Å². The molecule has 7 aromatic rings. The highest BCUT2D eigenvalue weighted by molar-refractivity contribution is 7.20. The average molecular weight is 741 g/mol. The molecule has 0 N–H and O–H groups in total. The number of allylic oxidation sites excluding steroid dienone is 12. The maximum absolute atomic E-state index is 5.08. The SMILES string of the molecule is C=C/C=C\c1sc2cnc(-c3cccc(-n4c5c(c6ccccc64)C=C(c4ccc6c(c4)c4c(n6C6=CC/C=C\CC=C6)C=CCC=C4)CC=C5)c3)nc2c1C. The zero-order valence-corrected chi connectivity index (χ0v) is 32.1.